The summed E-state index contributed by atoms with van der Waals surface area (Å²) >= 11 is 0. The fourth-order valence-corrected chi connectivity index (χ4v) is 9.68. The smallest absolute Gasteiger partial charge is 0.311 e. The second kappa shape index (κ2) is 11.8. The molecule has 4 aliphatic carbocycles. The van der Waals surface area contributed by atoms with E-state index in [1.807, 2.05) is 20.8 Å². The highest BCUT2D eigenvalue weighted by Gasteiger charge is 2.60. The lowest BCUT2D eigenvalue weighted by Crippen LogP contribution is -2.54. The lowest BCUT2D eigenvalue weighted by atomic mass is 9.44. The van der Waals surface area contributed by atoms with Crippen LogP contribution in [0.5, 0.6) is 0 Å². The molecule has 4 aliphatic rings. The first kappa shape index (κ1) is 29.9. The van der Waals surface area contributed by atoms with Crippen molar-refractivity contribution in [2.75, 3.05) is 13.2 Å². The summed E-state index contributed by atoms with van der Waals surface area (Å²) in [5.74, 6) is 4.26. The number of fused-ring (bicyclic) bond motifs is 5. The van der Waals surface area contributed by atoms with Gasteiger partial charge in [-0.2, -0.15) is 0 Å². The summed E-state index contributed by atoms with van der Waals surface area (Å²) in [5, 5.41) is 10.3. The Morgan fingerprint density at radius 2 is 1.63 bits per heavy atom. The van der Waals surface area contributed by atoms with Gasteiger partial charge < -0.3 is 14.6 Å². The Labute approximate surface area is 232 Å². The molecule has 0 aromatic rings. The normalized spacial score (nSPS) is 39.4. The van der Waals surface area contributed by atoms with Crippen LogP contribution in [0, 0.1) is 51.8 Å². The molecule has 5 nitrogen and oxygen atoms in total. The predicted molar refractivity (Wildman–Crippen MR) is 150 cm³/mol. The highest BCUT2D eigenvalue weighted by Crippen LogP contribution is 2.68. The van der Waals surface area contributed by atoms with E-state index in [0.29, 0.717) is 23.2 Å². The average molecular weight is 533 g/mol. The maximum atomic E-state index is 12.3. The first-order valence-electron chi connectivity index (χ1n) is 15.9. The number of esters is 2. The van der Waals surface area contributed by atoms with Gasteiger partial charge in [0.25, 0.3) is 0 Å². The minimum absolute atomic E-state index is 0.0665. The summed E-state index contributed by atoms with van der Waals surface area (Å²) < 4.78 is 10.6. The van der Waals surface area contributed by atoms with E-state index in [0.717, 1.165) is 61.7 Å². The van der Waals surface area contributed by atoms with Crippen molar-refractivity contribution in [3.05, 3.63) is 0 Å². The van der Waals surface area contributed by atoms with Gasteiger partial charge in [-0.3, -0.25) is 9.59 Å². The molecule has 218 valence electrons. The quantitative estimate of drug-likeness (QED) is 0.235. The second-order valence-corrected chi connectivity index (χ2v) is 14.8. The van der Waals surface area contributed by atoms with E-state index in [4.69, 9.17) is 9.47 Å². The fourth-order valence-electron chi connectivity index (χ4n) is 9.68. The molecule has 0 spiro atoms. The van der Waals surface area contributed by atoms with Gasteiger partial charge in [0.1, 0.15) is 13.2 Å². The van der Waals surface area contributed by atoms with E-state index in [1.54, 1.807) is 0 Å². The molecule has 9 atom stereocenters. The molecule has 0 bridgehead atoms. The summed E-state index contributed by atoms with van der Waals surface area (Å²) in [6, 6.07) is 0. The first-order valence-corrected chi connectivity index (χ1v) is 15.9. The van der Waals surface area contributed by atoms with Crippen molar-refractivity contribution in [2.24, 2.45) is 51.8 Å². The van der Waals surface area contributed by atoms with Gasteiger partial charge in [0.2, 0.25) is 0 Å². The van der Waals surface area contributed by atoms with Crippen molar-refractivity contribution in [3.63, 3.8) is 0 Å². The van der Waals surface area contributed by atoms with Crippen molar-refractivity contribution in [1.82, 2.24) is 0 Å². The van der Waals surface area contributed by atoms with Crippen molar-refractivity contribution in [2.45, 2.75) is 131 Å². The van der Waals surface area contributed by atoms with Gasteiger partial charge in [-0.1, -0.05) is 27.7 Å². The number of rotatable bonds is 10. The molecule has 0 aromatic carbocycles. The zero-order valence-electron chi connectivity index (χ0n) is 25.2. The summed E-state index contributed by atoms with van der Waals surface area (Å²) in [6.45, 7) is 13.6. The first-order chi connectivity index (χ1) is 17.9. The van der Waals surface area contributed by atoms with Crippen molar-refractivity contribution in [1.29, 1.82) is 0 Å². The topological polar surface area (TPSA) is 72.8 Å². The molecular weight excluding hydrogens is 476 g/mol. The van der Waals surface area contributed by atoms with Gasteiger partial charge in [-0.25, -0.2) is 0 Å². The summed E-state index contributed by atoms with van der Waals surface area (Å²) in [5.41, 5.74) is 0.388. The highest BCUT2D eigenvalue weighted by molar-refractivity contribution is 5.75. The summed E-state index contributed by atoms with van der Waals surface area (Å²) in [4.78, 5) is 24.3. The van der Waals surface area contributed by atoms with Crippen LogP contribution in [0.25, 0.3) is 0 Å². The lowest BCUT2D eigenvalue weighted by molar-refractivity contribution is -0.159. The van der Waals surface area contributed by atoms with E-state index in [2.05, 4.69) is 20.8 Å². The number of aliphatic hydroxyl groups excluding tert-OH is 1. The van der Waals surface area contributed by atoms with Gasteiger partial charge in [-0.15, -0.1) is 0 Å². The molecule has 4 fully saturated rings. The van der Waals surface area contributed by atoms with Gasteiger partial charge in [-0.05, 0) is 137 Å². The molecule has 0 amide bonds. The summed E-state index contributed by atoms with van der Waals surface area (Å²) in [6.07, 6.45) is 14.4. The number of carbonyl (C=O) groups excluding carboxylic acids is 2. The fraction of sp³-hybridized carbons (Fsp3) is 0.939. The van der Waals surface area contributed by atoms with Crippen LogP contribution >= 0.6 is 0 Å². The Morgan fingerprint density at radius 1 is 0.947 bits per heavy atom. The van der Waals surface area contributed by atoms with Crippen LogP contribution in [-0.2, 0) is 19.1 Å². The number of hydrogen-bond acceptors (Lipinski definition) is 5. The maximum absolute atomic E-state index is 12.3. The van der Waals surface area contributed by atoms with E-state index < -0.39 is 5.41 Å². The maximum Gasteiger partial charge on any atom is 0.311 e. The van der Waals surface area contributed by atoms with Gasteiger partial charge in [0, 0.05) is 6.42 Å². The number of carbonyl (C=O) groups is 2. The Balaban J connectivity index is 1.22. The SMILES string of the molecule is CCC(C)(C)C(=O)OCCOC(=O)CCCC(C)C1CCC2C3CCC4C[C@H](O)CCC4(C)C3CCC12C. The van der Waals surface area contributed by atoms with Crippen LogP contribution in [0.15, 0.2) is 0 Å². The third-order valence-electron chi connectivity index (χ3n) is 12.5. The molecule has 38 heavy (non-hydrogen) atoms. The largest absolute Gasteiger partial charge is 0.462 e. The number of hydrogen-bond donors (Lipinski definition) is 1. The Hall–Kier alpha value is -1.10. The third kappa shape index (κ3) is 5.84. The van der Waals surface area contributed by atoms with E-state index >= 15 is 0 Å². The molecule has 0 heterocycles. The zero-order chi connectivity index (χ0) is 27.7. The number of ether oxygens (including phenoxy) is 2. The van der Waals surface area contributed by atoms with Crippen molar-refractivity contribution in [3.8, 4) is 0 Å². The minimum atomic E-state index is -0.494. The second-order valence-electron chi connectivity index (χ2n) is 14.8. The summed E-state index contributed by atoms with van der Waals surface area (Å²) in [7, 11) is 0. The molecule has 4 rings (SSSR count). The van der Waals surface area contributed by atoms with Crippen LogP contribution in [0.1, 0.15) is 125 Å². The zero-order valence-corrected chi connectivity index (χ0v) is 25.2. The third-order valence-corrected chi connectivity index (χ3v) is 12.5. The molecule has 0 aliphatic heterocycles. The van der Waals surface area contributed by atoms with Crippen molar-refractivity contribution < 1.29 is 24.2 Å². The molecule has 4 saturated carbocycles. The molecule has 5 heteroatoms. The molecule has 0 radical (unpaired) electrons. The molecule has 0 aromatic heterocycles. The van der Waals surface area contributed by atoms with Crippen molar-refractivity contribution >= 4 is 11.9 Å². The predicted octanol–water partition coefficient (Wildman–Crippen LogP) is 7.34. The molecule has 1 N–H and O–H groups in total. The van der Waals surface area contributed by atoms with E-state index in [9.17, 15) is 14.7 Å². The lowest BCUT2D eigenvalue weighted by Gasteiger charge is -2.61. The standard InChI is InChI=1S/C33H56O5/c1-7-31(3,4)30(36)38-20-19-37-29(35)10-8-9-22(2)26-13-14-27-25-12-11-23-21-24(34)15-17-32(23,5)28(25)16-18-33(26,27)6/h22-28,34H,7-21H2,1-6H3/t22?,23?,24-,25?,26?,27?,28?,32?,33?/m1/s1. The van der Waals surface area contributed by atoms with Crippen LogP contribution in [0.3, 0.4) is 0 Å². The molecule has 8 unspecified atom stereocenters. The Kier molecular flexibility index (Phi) is 9.27. The monoisotopic (exact) mass is 532 g/mol. The molecular formula is C33H56O5. The van der Waals surface area contributed by atoms with Gasteiger partial charge >= 0.3 is 11.9 Å². The van der Waals surface area contributed by atoms with Crippen LogP contribution in [-0.4, -0.2) is 36.4 Å². The van der Waals surface area contributed by atoms with Crippen LogP contribution in [0.4, 0.5) is 0 Å². The Morgan fingerprint density at radius 3 is 2.37 bits per heavy atom. The van der Waals surface area contributed by atoms with Crippen LogP contribution < -0.4 is 0 Å². The van der Waals surface area contributed by atoms with Gasteiger partial charge in [0.05, 0.1) is 11.5 Å². The van der Waals surface area contributed by atoms with E-state index in [1.165, 1.54) is 44.9 Å². The van der Waals surface area contributed by atoms with Crippen LogP contribution in [0.2, 0.25) is 0 Å². The number of aliphatic hydroxyl groups is 1. The van der Waals surface area contributed by atoms with Gasteiger partial charge in [0.15, 0.2) is 0 Å². The van der Waals surface area contributed by atoms with E-state index in [-0.39, 0.29) is 31.3 Å². The minimum Gasteiger partial charge on any atom is -0.462 e. The molecule has 0 saturated heterocycles. The highest BCUT2D eigenvalue weighted by atomic mass is 16.6. The average Bonchev–Trinajstić information content (AvgIpc) is 3.24. The Bertz CT molecular complexity index is 837.